The van der Waals surface area contributed by atoms with E-state index in [0.29, 0.717) is 18.3 Å². The van der Waals surface area contributed by atoms with Crippen molar-refractivity contribution in [3.8, 4) is 0 Å². The Morgan fingerprint density at radius 3 is 2.33 bits per heavy atom. The first kappa shape index (κ1) is 11.0. The molecule has 0 aliphatic heterocycles. The van der Waals surface area contributed by atoms with Gasteiger partial charge in [-0.1, -0.05) is 12.8 Å². The topological polar surface area (TPSA) is 77.8 Å². The Kier molecular flexibility index (Phi) is 3.02. The van der Waals surface area contributed by atoms with Crippen molar-refractivity contribution in [2.45, 2.75) is 37.9 Å². The highest BCUT2D eigenvalue weighted by Gasteiger charge is 2.55. The van der Waals surface area contributed by atoms with Gasteiger partial charge in [-0.2, -0.15) is 0 Å². The lowest BCUT2D eigenvalue weighted by molar-refractivity contribution is -0.142. The zero-order valence-electron chi connectivity index (χ0n) is 8.67. The van der Waals surface area contributed by atoms with Gasteiger partial charge in [0.2, 0.25) is 0 Å². The van der Waals surface area contributed by atoms with Gasteiger partial charge in [0.05, 0.1) is 5.92 Å². The molecule has 0 aromatic carbocycles. The molecule has 2 rings (SSSR count). The lowest BCUT2D eigenvalue weighted by Crippen LogP contribution is -2.15. The van der Waals surface area contributed by atoms with Gasteiger partial charge in [-0.25, -0.2) is 0 Å². The summed E-state index contributed by atoms with van der Waals surface area (Å²) in [7, 11) is -1.21. The molecule has 2 saturated carbocycles. The molecule has 4 unspecified atom stereocenters. The number of rotatable bonds is 2. The van der Waals surface area contributed by atoms with Gasteiger partial charge in [-0.3, -0.25) is 4.79 Å². The van der Waals surface area contributed by atoms with Crippen LogP contribution in [0.25, 0.3) is 0 Å². The fourth-order valence-corrected chi connectivity index (χ4v) is 3.11. The molecule has 84 valence electrons. The summed E-state index contributed by atoms with van der Waals surface area (Å²) >= 11 is 0. The summed E-state index contributed by atoms with van der Waals surface area (Å²) in [6, 6.07) is 0. The predicted molar refractivity (Wildman–Crippen MR) is 55.1 cm³/mol. The SMILES string of the molecule is O=C(O)C1CCCC2C(CC1)C2B(O)O. The van der Waals surface area contributed by atoms with E-state index in [9.17, 15) is 4.79 Å². The van der Waals surface area contributed by atoms with Crippen molar-refractivity contribution in [2.24, 2.45) is 17.8 Å². The minimum atomic E-state index is -1.21. The largest absolute Gasteiger partial charge is 0.481 e. The summed E-state index contributed by atoms with van der Waals surface area (Å²) in [6.45, 7) is 0. The lowest BCUT2D eigenvalue weighted by Gasteiger charge is -2.14. The van der Waals surface area contributed by atoms with Crippen molar-refractivity contribution in [1.29, 1.82) is 0 Å². The summed E-state index contributed by atoms with van der Waals surface area (Å²) in [6.07, 6.45) is 4.13. The molecule has 0 bridgehead atoms. The second-order valence-corrected chi connectivity index (χ2v) is 4.86. The standard InChI is InChI=1S/C10H17BO4/c12-10(13)6-2-1-3-7-8(5-4-6)9(7)11(14)15/h6-9,14-15H,1-5H2,(H,12,13). The first-order valence-electron chi connectivity index (χ1n) is 5.70. The molecule has 0 amide bonds. The van der Waals surface area contributed by atoms with Crippen LogP contribution in [0.4, 0.5) is 0 Å². The molecular weight excluding hydrogens is 195 g/mol. The van der Waals surface area contributed by atoms with Crippen LogP contribution < -0.4 is 0 Å². The number of hydrogen-bond donors (Lipinski definition) is 3. The summed E-state index contributed by atoms with van der Waals surface area (Å²) in [5, 5.41) is 27.2. The minimum Gasteiger partial charge on any atom is -0.481 e. The van der Waals surface area contributed by atoms with Crippen LogP contribution in [0.2, 0.25) is 5.82 Å². The number of carboxylic acid groups (broad SMARTS) is 1. The number of carbonyl (C=O) groups is 1. The van der Waals surface area contributed by atoms with Gasteiger partial charge in [-0.15, -0.1) is 0 Å². The third-order valence-corrected chi connectivity index (χ3v) is 4.03. The molecule has 0 radical (unpaired) electrons. The van der Waals surface area contributed by atoms with Gasteiger partial charge >= 0.3 is 13.1 Å². The lowest BCUT2D eigenvalue weighted by atomic mass is 9.80. The van der Waals surface area contributed by atoms with E-state index < -0.39 is 13.1 Å². The Hall–Kier alpha value is -0.545. The Balaban J connectivity index is 1.91. The normalized spacial score (nSPS) is 39.9. The van der Waals surface area contributed by atoms with Crippen molar-refractivity contribution in [2.75, 3.05) is 0 Å². The average molecular weight is 212 g/mol. The van der Waals surface area contributed by atoms with Crippen molar-refractivity contribution >= 4 is 13.1 Å². The van der Waals surface area contributed by atoms with Crippen LogP contribution in [0.15, 0.2) is 0 Å². The minimum absolute atomic E-state index is 0.0116. The highest BCUT2D eigenvalue weighted by Crippen LogP contribution is 2.59. The fourth-order valence-electron chi connectivity index (χ4n) is 3.11. The van der Waals surface area contributed by atoms with E-state index in [0.717, 1.165) is 25.7 Å². The molecule has 4 nitrogen and oxygen atoms in total. The maximum absolute atomic E-state index is 10.9. The molecule has 5 heteroatoms. The van der Waals surface area contributed by atoms with E-state index in [4.69, 9.17) is 15.2 Å². The van der Waals surface area contributed by atoms with Crippen LogP contribution >= 0.6 is 0 Å². The number of aliphatic carboxylic acids is 1. The summed E-state index contributed by atoms with van der Waals surface area (Å²) in [5.74, 6) is -0.123. The van der Waals surface area contributed by atoms with Crippen molar-refractivity contribution < 1.29 is 19.9 Å². The van der Waals surface area contributed by atoms with Gasteiger partial charge < -0.3 is 15.2 Å². The van der Waals surface area contributed by atoms with E-state index in [1.165, 1.54) is 0 Å². The molecule has 0 saturated heterocycles. The van der Waals surface area contributed by atoms with Crippen LogP contribution in [0.3, 0.4) is 0 Å². The van der Waals surface area contributed by atoms with Crippen LogP contribution in [0.1, 0.15) is 32.1 Å². The van der Waals surface area contributed by atoms with Crippen molar-refractivity contribution in [3.63, 3.8) is 0 Å². The van der Waals surface area contributed by atoms with Crippen molar-refractivity contribution in [3.05, 3.63) is 0 Å². The van der Waals surface area contributed by atoms with Crippen LogP contribution in [0.5, 0.6) is 0 Å². The van der Waals surface area contributed by atoms with Crippen LogP contribution in [-0.4, -0.2) is 28.2 Å². The fraction of sp³-hybridized carbons (Fsp3) is 0.900. The second-order valence-electron chi connectivity index (χ2n) is 4.86. The van der Waals surface area contributed by atoms with Gasteiger partial charge in [0.1, 0.15) is 0 Å². The molecule has 4 atom stereocenters. The van der Waals surface area contributed by atoms with E-state index in [1.807, 2.05) is 0 Å². The van der Waals surface area contributed by atoms with Crippen LogP contribution in [0, 0.1) is 17.8 Å². The molecule has 3 N–H and O–H groups in total. The van der Waals surface area contributed by atoms with E-state index in [1.54, 1.807) is 0 Å². The van der Waals surface area contributed by atoms with Gasteiger partial charge in [0, 0.05) is 0 Å². The van der Waals surface area contributed by atoms with E-state index in [2.05, 4.69) is 0 Å². The molecule has 0 spiro atoms. The van der Waals surface area contributed by atoms with Crippen molar-refractivity contribution in [1.82, 2.24) is 0 Å². The van der Waals surface area contributed by atoms with E-state index in [-0.39, 0.29) is 11.7 Å². The summed E-state index contributed by atoms with van der Waals surface area (Å²) in [4.78, 5) is 10.9. The number of fused-ring (bicyclic) bond motifs is 1. The second kappa shape index (κ2) is 4.14. The monoisotopic (exact) mass is 212 g/mol. The highest BCUT2D eigenvalue weighted by molar-refractivity contribution is 6.44. The average Bonchev–Trinajstić information content (AvgIpc) is 2.76. The highest BCUT2D eigenvalue weighted by atomic mass is 16.4. The molecule has 2 aliphatic carbocycles. The molecule has 0 aromatic rings. The number of hydrogen-bond acceptors (Lipinski definition) is 3. The van der Waals surface area contributed by atoms with Gasteiger partial charge in [0.15, 0.2) is 0 Å². The molecule has 0 heterocycles. The maximum Gasteiger partial charge on any atom is 0.455 e. The first-order valence-corrected chi connectivity index (χ1v) is 5.70. The zero-order chi connectivity index (χ0) is 11.0. The molecule has 0 aromatic heterocycles. The summed E-state index contributed by atoms with van der Waals surface area (Å²) in [5.41, 5.74) is 0. The van der Waals surface area contributed by atoms with Crippen LogP contribution in [-0.2, 0) is 4.79 Å². The first-order chi connectivity index (χ1) is 7.11. The Morgan fingerprint density at radius 1 is 1.07 bits per heavy atom. The Bertz CT molecular complexity index is 256. The quantitative estimate of drug-likeness (QED) is 0.590. The third-order valence-electron chi connectivity index (χ3n) is 4.03. The summed E-state index contributed by atoms with van der Waals surface area (Å²) < 4.78 is 0. The predicted octanol–water partition coefficient (Wildman–Crippen LogP) is 0.740. The molecular formula is C10H17BO4. The van der Waals surface area contributed by atoms with Gasteiger partial charge in [-0.05, 0) is 36.9 Å². The molecule has 15 heavy (non-hydrogen) atoms. The Morgan fingerprint density at radius 2 is 1.73 bits per heavy atom. The molecule has 2 fully saturated rings. The zero-order valence-corrected chi connectivity index (χ0v) is 8.67. The Labute approximate surface area is 89.4 Å². The van der Waals surface area contributed by atoms with E-state index >= 15 is 0 Å². The maximum atomic E-state index is 10.9. The number of carboxylic acids is 1. The third kappa shape index (κ3) is 2.18. The van der Waals surface area contributed by atoms with Gasteiger partial charge in [0.25, 0.3) is 0 Å². The smallest absolute Gasteiger partial charge is 0.455 e. The molecule has 2 aliphatic rings.